The molecule has 0 amide bonds. The minimum atomic E-state index is -1.23. The Labute approximate surface area is 278 Å². The Bertz CT molecular complexity index is 1870. The van der Waals surface area contributed by atoms with Crippen LogP contribution in [0.1, 0.15) is 64.2 Å². The lowest BCUT2D eigenvalue weighted by Gasteiger charge is -2.41. The number of carbonyl (C=O) groups is 1. The Hall–Kier alpha value is -4.32. The largest absolute Gasteiger partial charge is 0.479 e. The number of fused-ring (bicyclic) bond motifs is 7. The van der Waals surface area contributed by atoms with Crippen LogP contribution in [0.25, 0.3) is 28.0 Å². The Balaban J connectivity index is 1.56. The van der Waals surface area contributed by atoms with Crippen molar-refractivity contribution in [1.29, 1.82) is 0 Å². The topological polar surface area (TPSA) is 112 Å². The van der Waals surface area contributed by atoms with Gasteiger partial charge in [0.15, 0.2) is 12.3 Å². The molecule has 0 saturated carbocycles. The molecule has 2 unspecified atom stereocenters. The van der Waals surface area contributed by atoms with Crippen LogP contribution in [0.4, 0.5) is 14.6 Å². The molecule has 1 saturated heterocycles. The predicted octanol–water partition coefficient (Wildman–Crippen LogP) is 7.19. The molecule has 2 aromatic heterocycles. The number of halogens is 2. The van der Waals surface area contributed by atoms with Gasteiger partial charge in [0, 0.05) is 49.0 Å². The van der Waals surface area contributed by atoms with E-state index < -0.39 is 41.1 Å². The van der Waals surface area contributed by atoms with Crippen LogP contribution in [-0.4, -0.2) is 57.6 Å². The summed E-state index contributed by atoms with van der Waals surface area (Å²) in [5.41, 5.74) is 8.83. The lowest BCUT2D eigenvalue weighted by Crippen LogP contribution is -2.45. The third-order valence-electron chi connectivity index (χ3n) is 8.86. The Morgan fingerprint density at radius 3 is 2.56 bits per heavy atom. The van der Waals surface area contributed by atoms with Crippen LogP contribution < -0.4 is 15.4 Å². The number of carboxylic acids is 1. The molecule has 2 aromatic carbocycles. The molecule has 48 heavy (non-hydrogen) atoms. The summed E-state index contributed by atoms with van der Waals surface area (Å²) in [5, 5.41) is 10.5. The number of aromatic nitrogens is 2. The highest BCUT2D eigenvalue weighted by atomic mass is 19.1. The van der Waals surface area contributed by atoms with Crippen LogP contribution >= 0.6 is 0 Å². The summed E-state index contributed by atoms with van der Waals surface area (Å²) < 4.78 is 50.2. The van der Waals surface area contributed by atoms with Gasteiger partial charge in [0.25, 0.3) is 0 Å². The van der Waals surface area contributed by atoms with Gasteiger partial charge in [0.05, 0.1) is 29.1 Å². The number of hydrogen-bond donors (Lipinski definition) is 2. The highest BCUT2D eigenvalue weighted by Crippen LogP contribution is 2.40. The van der Waals surface area contributed by atoms with Crippen LogP contribution in [0, 0.1) is 18.6 Å². The second kappa shape index (κ2) is 12.9. The first-order valence-electron chi connectivity index (χ1n) is 16.2. The van der Waals surface area contributed by atoms with Crippen LogP contribution in [0.5, 0.6) is 5.75 Å². The molecule has 5 heterocycles. The summed E-state index contributed by atoms with van der Waals surface area (Å²) in [6.45, 7) is 11.0. The van der Waals surface area contributed by atoms with Crippen molar-refractivity contribution in [1.82, 2.24) is 9.38 Å². The highest BCUT2D eigenvalue weighted by Gasteiger charge is 2.37. The van der Waals surface area contributed by atoms with E-state index in [9.17, 15) is 14.3 Å². The summed E-state index contributed by atoms with van der Waals surface area (Å²) in [4.78, 5) is 19.9. The molecule has 3 aliphatic heterocycles. The first-order chi connectivity index (χ1) is 22.7. The molecule has 6 bridgehead atoms. The van der Waals surface area contributed by atoms with E-state index in [2.05, 4.69) is 11.8 Å². The quantitative estimate of drug-likeness (QED) is 0.222. The van der Waals surface area contributed by atoms with E-state index >= 15 is 4.39 Å². The summed E-state index contributed by atoms with van der Waals surface area (Å²) in [5.74, 6) is -1.96. The number of imidazole rings is 1. The van der Waals surface area contributed by atoms with E-state index in [1.165, 1.54) is 0 Å². The molecule has 4 aromatic rings. The van der Waals surface area contributed by atoms with Crippen molar-refractivity contribution >= 4 is 17.4 Å². The SMILES string of the molecule is Cc1cc2nc3cn2c(c1C(OC(C)(C)C)C(=O)O)N1CCC(C)(CC1)OCC=CCC(N)Oc1cc(F)cc(F)c1-c1cccc-3c1. The minimum Gasteiger partial charge on any atom is -0.479 e. The predicted molar refractivity (Wildman–Crippen MR) is 180 cm³/mol. The molecule has 7 rings (SSSR count). The third kappa shape index (κ3) is 6.94. The number of piperidine rings is 1. The molecule has 3 N–H and O–H groups in total. The Morgan fingerprint density at radius 1 is 1.12 bits per heavy atom. The first kappa shape index (κ1) is 33.6. The number of pyridine rings is 1. The molecule has 254 valence electrons. The highest BCUT2D eigenvalue weighted by molar-refractivity contribution is 5.80. The number of nitrogens with two attached hydrogens (primary N) is 1. The Kier molecular flexibility index (Phi) is 9.06. The third-order valence-corrected chi connectivity index (χ3v) is 8.86. The number of aryl methyl sites for hydroxylation is 1. The summed E-state index contributed by atoms with van der Waals surface area (Å²) in [6, 6.07) is 10.9. The second-order valence-electron chi connectivity index (χ2n) is 13.8. The number of anilines is 1. The molecular weight excluding hydrogens is 618 g/mol. The number of carboxylic acid groups (broad SMARTS) is 1. The van der Waals surface area contributed by atoms with Gasteiger partial charge in [-0.05, 0) is 70.7 Å². The molecule has 11 heteroatoms. The minimum absolute atomic E-state index is 0.00931. The van der Waals surface area contributed by atoms with Gasteiger partial charge in [-0.15, -0.1) is 0 Å². The molecular formula is C37H42F2N4O5. The van der Waals surface area contributed by atoms with E-state index in [0.29, 0.717) is 72.8 Å². The van der Waals surface area contributed by atoms with Crippen molar-refractivity contribution in [3.8, 4) is 28.1 Å². The van der Waals surface area contributed by atoms with E-state index in [1.54, 1.807) is 18.2 Å². The fraction of sp³-hybridized carbons (Fsp3) is 0.405. The zero-order valence-electron chi connectivity index (χ0n) is 27.9. The number of hydrogen-bond acceptors (Lipinski definition) is 7. The van der Waals surface area contributed by atoms with E-state index in [-0.39, 0.29) is 11.3 Å². The van der Waals surface area contributed by atoms with Gasteiger partial charge in [0.1, 0.15) is 28.8 Å². The molecule has 2 atom stereocenters. The molecule has 0 radical (unpaired) electrons. The average Bonchev–Trinajstić information content (AvgIpc) is 3.42. The zero-order valence-corrected chi connectivity index (χ0v) is 27.9. The van der Waals surface area contributed by atoms with E-state index in [1.807, 2.05) is 62.6 Å². The zero-order chi connectivity index (χ0) is 34.4. The van der Waals surface area contributed by atoms with Crippen LogP contribution in [0.2, 0.25) is 0 Å². The van der Waals surface area contributed by atoms with Crippen molar-refractivity contribution in [2.24, 2.45) is 5.73 Å². The maximum absolute atomic E-state index is 15.4. The van der Waals surface area contributed by atoms with Crippen molar-refractivity contribution in [2.45, 2.75) is 77.4 Å². The van der Waals surface area contributed by atoms with Gasteiger partial charge in [-0.25, -0.2) is 18.6 Å². The molecule has 3 aliphatic rings. The lowest BCUT2D eigenvalue weighted by atomic mass is 9.92. The summed E-state index contributed by atoms with van der Waals surface area (Å²) in [7, 11) is 0. The van der Waals surface area contributed by atoms with Crippen molar-refractivity contribution in [3.05, 3.63) is 83.6 Å². The van der Waals surface area contributed by atoms with Crippen LogP contribution in [0.15, 0.2) is 60.8 Å². The maximum Gasteiger partial charge on any atom is 0.337 e. The number of ether oxygens (including phenoxy) is 3. The molecule has 9 nitrogen and oxygen atoms in total. The van der Waals surface area contributed by atoms with Crippen molar-refractivity contribution in [2.75, 3.05) is 24.6 Å². The standard InChI is InChI=1S/C37H42F2N4O5/c1-22-17-30-41-27-21-43(30)34(31(22)33(35(44)45)48-36(2,3)4)42-14-12-37(5,13-15-42)46-16-7-6-11-29(40)47-28-20-25(38)19-26(39)32(28)24-10-8-9-23(27)18-24/h6-10,17-21,29,33H,11-16,40H2,1-5H3,(H,44,45). The summed E-state index contributed by atoms with van der Waals surface area (Å²) in [6.07, 6.45) is 5.20. The second-order valence-corrected chi connectivity index (χ2v) is 13.8. The van der Waals surface area contributed by atoms with Gasteiger partial charge < -0.3 is 24.2 Å². The van der Waals surface area contributed by atoms with Gasteiger partial charge in [0.2, 0.25) is 0 Å². The normalized spacial score (nSPS) is 20.8. The fourth-order valence-corrected chi connectivity index (χ4v) is 6.47. The Morgan fingerprint density at radius 2 is 1.85 bits per heavy atom. The maximum atomic E-state index is 15.4. The average molecular weight is 661 g/mol. The summed E-state index contributed by atoms with van der Waals surface area (Å²) >= 11 is 0. The van der Waals surface area contributed by atoms with Gasteiger partial charge in [-0.3, -0.25) is 10.1 Å². The van der Waals surface area contributed by atoms with Crippen molar-refractivity contribution in [3.63, 3.8) is 0 Å². The fourth-order valence-electron chi connectivity index (χ4n) is 6.47. The van der Waals surface area contributed by atoms with E-state index in [0.717, 1.165) is 17.7 Å². The number of rotatable bonds is 3. The molecule has 0 spiro atoms. The number of benzene rings is 2. The van der Waals surface area contributed by atoms with Crippen LogP contribution in [-0.2, 0) is 14.3 Å². The number of nitrogens with zero attached hydrogens (tertiary/aromatic N) is 3. The van der Waals surface area contributed by atoms with Crippen molar-refractivity contribution < 1.29 is 32.9 Å². The monoisotopic (exact) mass is 660 g/mol. The first-order valence-corrected chi connectivity index (χ1v) is 16.2. The van der Waals surface area contributed by atoms with E-state index in [4.69, 9.17) is 24.9 Å². The molecule has 0 aliphatic carbocycles. The lowest BCUT2D eigenvalue weighted by molar-refractivity contribution is -0.160. The van der Waals surface area contributed by atoms with Gasteiger partial charge in [-0.2, -0.15) is 0 Å². The smallest absolute Gasteiger partial charge is 0.337 e. The number of aliphatic carboxylic acids is 1. The molecule has 1 fully saturated rings. The van der Waals surface area contributed by atoms with Crippen LogP contribution in [0.3, 0.4) is 0 Å². The van der Waals surface area contributed by atoms with Gasteiger partial charge in [-0.1, -0.05) is 30.4 Å². The van der Waals surface area contributed by atoms with Gasteiger partial charge >= 0.3 is 5.97 Å².